The van der Waals surface area contributed by atoms with Gasteiger partial charge in [-0.3, -0.25) is 4.79 Å². The zero-order valence-electron chi connectivity index (χ0n) is 10.0. The summed E-state index contributed by atoms with van der Waals surface area (Å²) < 4.78 is 0. The van der Waals surface area contributed by atoms with Crippen molar-refractivity contribution in [2.45, 2.75) is 27.2 Å². The summed E-state index contributed by atoms with van der Waals surface area (Å²) in [4.78, 5) is 16.4. The van der Waals surface area contributed by atoms with Crippen molar-refractivity contribution in [1.29, 1.82) is 0 Å². The molecule has 0 unspecified atom stereocenters. The Morgan fingerprint density at radius 2 is 2.00 bits per heavy atom. The van der Waals surface area contributed by atoms with Crippen LogP contribution in [-0.2, 0) is 6.42 Å². The first-order valence-electron chi connectivity index (χ1n) is 5.31. The number of rotatable bonds is 3. The van der Waals surface area contributed by atoms with Gasteiger partial charge in [0.25, 0.3) is 0 Å². The highest BCUT2D eigenvalue weighted by Gasteiger charge is 2.13. The summed E-state index contributed by atoms with van der Waals surface area (Å²) in [6, 6.07) is 1.78. The largest absolute Gasteiger partial charge is 0.294 e. The van der Waals surface area contributed by atoms with Crippen LogP contribution in [0.5, 0.6) is 0 Å². The van der Waals surface area contributed by atoms with E-state index in [1.165, 1.54) is 11.3 Å². The molecule has 0 aromatic carbocycles. The number of Topliss-reactive ketones (excluding diaryl/α,β-unsaturated/α-hetero) is 1. The Bertz CT molecular complexity index is 563. The molecule has 0 saturated carbocycles. The number of thiazole rings is 1. The topological polar surface area (TPSA) is 55.7 Å². The molecule has 5 heteroatoms. The number of carbonyl (C=O) groups is 1. The quantitative estimate of drug-likeness (QED) is 0.781. The van der Waals surface area contributed by atoms with Gasteiger partial charge < -0.3 is 0 Å². The predicted molar refractivity (Wildman–Crippen MR) is 66.4 cm³/mol. The van der Waals surface area contributed by atoms with Gasteiger partial charge in [-0.25, -0.2) is 4.98 Å². The van der Waals surface area contributed by atoms with Gasteiger partial charge in [0.15, 0.2) is 5.78 Å². The monoisotopic (exact) mass is 247 g/mol. The van der Waals surface area contributed by atoms with Gasteiger partial charge >= 0.3 is 0 Å². The van der Waals surface area contributed by atoms with E-state index >= 15 is 0 Å². The van der Waals surface area contributed by atoms with Crippen molar-refractivity contribution in [3.05, 3.63) is 39.1 Å². The highest BCUT2D eigenvalue weighted by molar-refractivity contribution is 7.09. The van der Waals surface area contributed by atoms with Crippen molar-refractivity contribution in [3.8, 4) is 0 Å². The summed E-state index contributed by atoms with van der Waals surface area (Å²) in [5.41, 5.74) is 3.03. The lowest BCUT2D eigenvalue weighted by atomic mass is 10.1. The smallest absolute Gasteiger partial charge is 0.171 e. The van der Waals surface area contributed by atoms with Gasteiger partial charge in [0.05, 0.1) is 17.8 Å². The molecule has 4 nitrogen and oxygen atoms in total. The molecule has 0 radical (unpaired) electrons. The van der Waals surface area contributed by atoms with E-state index in [0.717, 1.165) is 16.4 Å². The molecule has 0 bridgehead atoms. The van der Waals surface area contributed by atoms with Crippen LogP contribution in [0.25, 0.3) is 0 Å². The summed E-state index contributed by atoms with van der Waals surface area (Å²) in [5, 5.41) is 10.7. The number of aryl methyl sites for hydroxylation is 3. The van der Waals surface area contributed by atoms with Crippen molar-refractivity contribution in [2.75, 3.05) is 0 Å². The molecule has 88 valence electrons. The number of aromatic nitrogens is 3. The minimum Gasteiger partial charge on any atom is -0.294 e. The number of ketones is 1. The molecule has 2 heterocycles. The van der Waals surface area contributed by atoms with Gasteiger partial charge in [-0.15, -0.1) is 11.3 Å². The number of carbonyl (C=O) groups excluding carboxylic acids is 1. The van der Waals surface area contributed by atoms with E-state index in [2.05, 4.69) is 15.2 Å². The zero-order valence-corrected chi connectivity index (χ0v) is 10.8. The van der Waals surface area contributed by atoms with Gasteiger partial charge in [-0.1, -0.05) is 0 Å². The lowest BCUT2D eigenvalue weighted by Gasteiger charge is -2.02. The Hall–Kier alpha value is -1.62. The first kappa shape index (κ1) is 11.9. The van der Waals surface area contributed by atoms with Crippen molar-refractivity contribution in [1.82, 2.24) is 15.2 Å². The molecule has 0 amide bonds. The maximum atomic E-state index is 12.1. The summed E-state index contributed by atoms with van der Waals surface area (Å²) >= 11 is 1.51. The summed E-state index contributed by atoms with van der Waals surface area (Å²) in [6.45, 7) is 5.55. The van der Waals surface area contributed by atoms with Crippen molar-refractivity contribution in [2.24, 2.45) is 0 Å². The van der Waals surface area contributed by atoms with E-state index in [9.17, 15) is 4.79 Å². The molecular formula is C12H13N3OS. The lowest BCUT2D eigenvalue weighted by Crippen LogP contribution is -2.08. The van der Waals surface area contributed by atoms with Crippen LogP contribution >= 0.6 is 11.3 Å². The third-order valence-electron chi connectivity index (χ3n) is 2.38. The van der Waals surface area contributed by atoms with Crippen LogP contribution in [-0.4, -0.2) is 21.0 Å². The number of hydrogen-bond acceptors (Lipinski definition) is 5. The lowest BCUT2D eigenvalue weighted by molar-refractivity contribution is 0.0991. The standard InChI is InChI=1S/C12H13N3OS/c1-7-4-10(9(3)15-14-7)11(16)5-12-13-8(2)6-17-12/h4,6H,5H2,1-3H3. The highest BCUT2D eigenvalue weighted by Crippen LogP contribution is 2.14. The average molecular weight is 247 g/mol. The molecule has 2 rings (SSSR count). The molecule has 0 atom stereocenters. The molecule has 0 aliphatic carbocycles. The molecule has 2 aromatic rings. The van der Waals surface area contributed by atoms with E-state index in [1.54, 1.807) is 13.0 Å². The highest BCUT2D eigenvalue weighted by atomic mass is 32.1. The Morgan fingerprint density at radius 3 is 2.65 bits per heavy atom. The molecule has 0 aliphatic rings. The van der Waals surface area contributed by atoms with E-state index in [0.29, 0.717) is 17.7 Å². The molecule has 0 saturated heterocycles. The molecular weight excluding hydrogens is 234 g/mol. The van der Waals surface area contributed by atoms with Crippen LogP contribution in [0.15, 0.2) is 11.4 Å². The van der Waals surface area contributed by atoms with Crippen LogP contribution < -0.4 is 0 Å². The number of hydrogen-bond donors (Lipinski definition) is 0. The van der Waals surface area contributed by atoms with Crippen molar-refractivity contribution < 1.29 is 4.79 Å². The minimum atomic E-state index is 0.0508. The van der Waals surface area contributed by atoms with Gasteiger partial charge in [-0.05, 0) is 26.8 Å². The van der Waals surface area contributed by atoms with E-state index in [-0.39, 0.29) is 5.78 Å². The number of nitrogens with zero attached hydrogens (tertiary/aromatic N) is 3. The summed E-state index contributed by atoms with van der Waals surface area (Å²) in [5.74, 6) is 0.0508. The van der Waals surface area contributed by atoms with Crippen molar-refractivity contribution in [3.63, 3.8) is 0 Å². The second kappa shape index (κ2) is 4.71. The Labute approximate surface area is 104 Å². The molecule has 0 fully saturated rings. The summed E-state index contributed by atoms with van der Waals surface area (Å²) in [7, 11) is 0. The van der Waals surface area contributed by atoms with Crippen LogP contribution in [0.4, 0.5) is 0 Å². The second-order valence-corrected chi connectivity index (χ2v) is 4.91. The Morgan fingerprint density at radius 1 is 1.24 bits per heavy atom. The maximum Gasteiger partial charge on any atom is 0.171 e. The molecule has 17 heavy (non-hydrogen) atoms. The first-order chi connectivity index (χ1) is 8.06. The van der Waals surface area contributed by atoms with Gasteiger partial charge in [-0.2, -0.15) is 10.2 Å². The second-order valence-electron chi connectivity index (χ2n) is 3.97. The Balaban J connectivity index is 2.22. The fraction of sp³-hybridized carbons (Fsp3) is 0.333. The predicted octanol–water partition coefficient (Wildman–Crippen LogP) is 2.28. The van der Waals surface area contributed by atoms with Crippen LogP contribution in [0.1, 0.15) is 32.4 Å². The SMILES string of the molecule is Cc1cc(C(=O)Cc2nc(C)cs2)c(C)nn1. The van der Waals surface area contributed by atoms with E-state index in [4.69, 9.17) is 0 Å². The average Bonchev–Trinajstić information content (AvgIpc) is 2.67. The molecule has 0 spiro atoms. The molecule has 0 aliphatic heterocycles. The minimum absolute atomic E-state index is 0.0508. The van der Waals surface area contributed by atoms with Gasteiger partial charge in [0.2, 0.25) is 0 Å². The van der Waals surface area contributed by atoms with Crippen LogP contribution in [0.2, 0.25) is 0 Å². The first-order valence-corrected chi connectivity index (χ1v) is 6.19. The summed E-state index contributed by atoms with van der Waals surface area (Å²) in [6.07, 6.45) is 0.338. The van der Waals surface area contributed by atoms with E-state index in [1.807, 2.05) is 19.2 Å². The third-order valence-corrected chi connectivity index (χ3v) is 3.35. The Kier molecular flexibility index (Phi) is 3.28. The van der Waals surface area contributed by atoms with Crippen LogP contribution in [0, 0.1) is 20.8 Å². The van der Waals surface area contributed by atoms with Gasteiger partial charge in [0, 0.05) is 16.6 Å². The molecule has 2 aromatic heterocycles. The normalized spacial score (nSPS) is 10.5. The molecule has 0 N–H and O–H groups in total. The van der Waals surface area contributed by atoms with Gasteiger partial charge in [0.1, 0.15) is 5.01 Å². The zero-order chi connectivity index (χ0) is 12.4. The van der Waals surface area contributed by atoms with E-state index < -0.39 is 0 Å². The third kappa shape index (κ3) is 2.74. The fourth-order valence-electron chi connectivity index (χ4n) is 1.55. The maximum absolute atomic E-state index is 12.1. The van der Waals surface area contributed by atoms with Crippen molar-refractivity contribution >= 4 is 17.1 Å². The fourth-order valence-corrected chi connectivity index (χ4v) is 2.32. The van der Waals surface area contributed by atoms with Crippen LogP contribution in [0.3, 0.4) is 0 Å².